The second-order valence-corrected chi connectivity index (χ2v) is 7.72. The maximum atomic E-state index is 5.48. The molecule has 2 N–H and O–H groups in total. The summed E-state index contributed by atoms with van der Waals surface area (Å²) in [5.74, 6) is 0.902. The lowest BCUT2D eigenvalue weighted by atomic mass is 10.4. The van der Waals surface area contributed by atoms with Gasteiger partial charge in [-0.3, -0.25) is 4.99 Å². The van der Waals surface area contributed by atoms with Gasteiger partial charge < -0.3 is 20.1 Å². The zero-order valence-corrected chi connectivity index (χ0v) is 19.0. The fraction of sp³-hybridized carbons (Fsp3) is 0.632. The van der Waals surface area contributed by atoms with Crippen LogP contribution < -0.4 is 10.6 Å². The van der Waals surface area contributed by atoms with Crippen LogP contribution in [0.15, 0.2) is 40.2 Å². The van der Waals surface area contributed by atoms with Crippen molar-refractivity contribution in [3.05, 3.63) is 30.3 Å². The Morgan fingerprint density at radius 1 is 1.15 bits per heavy atom. The summed E-state index contributed by atoms with van der Waals surface area (Å²) in [6, 6.07) is 10.6. The first-order chi connectivity index (χ1) is 12.3. The van der Waals surface area contributed by atoms with Crippen molar-refractivity contribution in [3.63, 3.8) is 0 Å². The van der Waals surface area contributed by atoms with Crippen LogP contribution in [0.2, 0.25) is 0 Å². The molecule has 0 unspecified atom stereocenters. The predicted octanol–water partition coefficient (Wildman–Crippen LogP) is 3.54. The number of rotatable bonds is 12. The van der Waals surface area contributed by atoms with Crippen LogP contribution in [0.25, 0.3) is 0 Å². The Morgan fingerprint density at radius 2 is 1.92 bits per heavy atom. The molecule has 1 saturated carbocycles. The third-order valence-electron chi connectivity index (χ3n) is 3.94. The van der Waals surface area contributed by atoms with Gasteiger partial charge in [-0.05, 0) is 38.3 Å². The molecule has 2 rings (SSSR count). The summed E-state index contributed by atoms with van der Waals surface area (Å²) in [6.07, 6.45) is 3.43. The fourth-order valence-corrected chi connectivity index (χ4v) is 3.59. The van der Waals surface area contributed by atoms with Crippen LogP contribution in [0.4, 0.5) is 0 Å². The van der Waals surface area contributed by atoms with Gasteiger partial charge in [0, 0.05) is 36.4 Å². The van der Waals surface area contributed by atoms with Crippen LogP contribution in [-0.4, -0.2) is 57.3 Å². The molecule has 0 bridgehead atoms. The van der Waals surface area contributed by atoms with Crippen molar-refractivity contribution in [1.82, 2.24) is 10.6 Å². The number of nitrogens with one attached hydrogen (secondary N) is 2. The quantitative estimate of drug-likeness (QED) is 0.202. The molecule has 5 nitrogen and oxygen atoms in total. The highest BCUT2D eigenvalue weighted by molar-refractivity contribution is 14.0. The third kappa shape index (κ3) is 9.43. The molecule has 1 aromatic rings. The summed E-state index contributed by atoms with van der Waals surface area (Å²) in [5, 5.41) is 6.72. The van der Waals surface area contributed by atoms with E-state index in [1.807, 2.05) is 11.8 Å². The zero-order valence-electron chi connectivity index (χ0n) is 15.8. The van der Waals surface area contributed by atoms with E-state index in [2.05, 4.69) is 47.9 Å². The smallest absolute Gasteiger partial charge is 0.191 e. The maximum Gasteiger partial charge on any atom is 0.191 e. The van der Waals surface area contributed by atoms with E-state index >= 15 is 0 Å². The summed E-state index contributed by atoms with van der Waals surface area (Å²) < 4.78 is 10.7. The highest BCUT2D eigenvalue weighted by atomic mass is 127. The van der Waals surface area contributed by atoms with E-state index in [9.17, 15) is 0 Å². The number of aliphatic imine (C=N–C) groups is 1. The minimum absolute atomic E-state index is 0. The summed E-state index contributed by atoms with van der Waals surface area (Å²) >= 11 is 1.96. The Bertz CT molecular complexity index is 513. The molecule has 1 aliphatic carbocycles. The number of ether oxygens (including phenoxy) is 2. The van der Waals surface area contributed by atoms with E-state index in [1.54, 1.807) is 7.11 Å². The molecule has 0 saturated heterocycles. The molecule has 0 amide bonds. The van der Waals surface area contributed by atoms with Crippen molar-refractivity contribution in [2.45, 2.75) is 35.8 Å². The van der Waals surface area contributed by atoms with Gasteiger partial charge in [0.05, 0.1) is 19.8 Å². The normalized spacial score (nSPS) is 15.2. The van der Waals surface area contributed by atoms with Crippen LogP contribution in [0, 0.1) is 0 Å². The van der Waals surface area contributed by atoms with Crippen molar-refractivity contribution >= 4 is 41.7 Å². The van der Waals surface area contributed by atoms with Crippen molar-refractivity contribution < 1.29 is 9.47 Å². The molecule has 0 radical (unpaired) electrons. The SMILES string of the molecule is CCNC(=NCC1(Sc2ccccc2)CC1)NCCCOCCOC.I. The number of hydrogen-bond acceptors (Lipinski definition) is 4. The molecule has 0 aliphatic heterocycles. The highest BCUT2D eigenvalue weighted by Gasteiger charge is 2.43. The second kappa shape index (κ2) is 13.6. The lowest BCUT2D eigenvalue weighted by Gasteiger charge is -2.15. The topological polar surface area (TPSA) is 54.9 Å². The summed E-state index contributed by atoms with van der Waals surface area (Å²) in [5.41, 5.74) is 0. The minimum Gasteiger partial charge on any atom is -0.382 e. The molecule has 0 aromatic heterocycles. The third-order valence-corrected chi connectivity index (χ3v) is 5.42. The number of thioether (sulfide) groups is 1. The lowest BCUT2D eigenvalue weighted by molar-refractivity contribution is 0.0698. The van der Waals surface area contributed by atoms with Crippen molar-refractivity contribution in [1.29, 1.82) is 0 Å². The summed E-state index contributed by atoms with van der Waals surface area (Å²) in [4.78, 5) is 6.14. The zero-order chi connectivity index (χ0) is 17.8. The van der Waals surface area contributed by atoms with Crippen LogP contribution in [0.3, 0.4) is 0 Å². The Kier molecular flexibility index (Phi) is 12.3. The van der Waals surface area contributed by atoms with Gasteiger partial charge >= 0.3 is 0 Å². The number of benzene rings is 1. The van der Waals surface area contributed by atoms with E-state index in [-0.39, 0.29) is 28.7 Å². The summed E-state index contributed by atoms with van der Waals surface area (Å²) in [7, 11) is 1.69. The molecule has 0 heterocycles. The van der Waals surface area contributed by atoms with Crippen LogP contribution >= 0.6 is 35.7 Å². The number of halogens is 1. The minimum atomic E-state index is 0. The molecule has 7 heteroatoms. The largest absolute Gasteiger partial charge is 0.382 e. The number of nitrogens with zero attached hydrogens (tertiary/aromatic N) is 1. The number of guanidine groups is 1. The molecule has 1 fully saturated rings. The first-order valence-corrected chi connectivity index (χ1v) is 9.92. The van der Waals surface area contributed by atoms with E-state index in [1.165, 1.54) is 17.7 Å². The van der Waals surface area contributed by atoms with Gasteiger partial charge in [0.25, 0.3) is 0 Å². The van der Waals surface area contributed by atoms with E-state index in [0.717, 1.165) is 38.6 Å². The van der Waals surface area contributed by atoms with Gasteiger partial charge in [-0.2, -0.15) is 0 Å². The first-order valence-electron chi connectivity index (χ1n) is 9.11. The number of hydrogen-bond donors (Lipinski definition) is 2. The van der Waals surface area contributed by atoms with Gasteiger partial charge in [-0.1, -0.05) is 18.2 Å². The Balaban J connectivity index is 0.00000338. The lowest BCUT2D eigenvalue weighted by Crippen LogP contribution is -2.38. The Morgan fingerprint density at radius 3 is 2.58 bits per heavy atom. The molecule has 1 aliphatic rings. The molecule has 0 spiro atoms. The van der Waals surface area contributed by atoms with Gasteiger partial charge in [0.1, 0.15) is 0 Å². The predicted molar refractivity (Wildman–Crippen MR) is 121 cm³/mol. The van der Waals surface area contributed by atoms with Crippen molar-refractivity contribution in [2.24, 2.45) is 4.99 Å². The summed E-state index contributed by atoms with van der Waals surface area (Å²) in [6.45, 7) is 6.72. The maximum absolute atomic E-state index is 5.48. The van der Waals surface area contributed by atoms with Crippen LogP contribution in [0.1, 0.15) is 26.2 Å². The van der Waals surface area contributed by atoms with Crippen LogP contribution in [-0.2, 0) is 9.47 Å². The van der Waals surface area contributed by atoms with Gasteiger partial charge in [0.15, 0.2) is 5.96 Å². The molecule has 26 heavy (non-hydrogen) atoms. The van der Waals surface area contributed by atoms with E-state index in [4.69, 9.17) is 14.5 Å². The van der Waals surface area contributed by atoms with Crippen LogP contribution in [0.5, 0.6) is 0 Å². The fourth-order valence-electron chi connectivity index (χ4n) is 2.36. The average molecular weight is 493 g/mol. The first kappa shape index (κ1) is 23.5. The monoisotopic (exact) mass is 493 g/mol. The van der Waals surface area contributed by atoms with Crippen molar-refractivity contribution in [3.8, 4) is 0 Å². The molecule has 0 atom stereocenters. The van der Waals surface area contributed by atoms with E-state index in [0.29, 0.717) is 13.2 Å². The van der Waals surface area contributed by atoms with E-state index < -0.39 is 0 Å². The number of methoxy groups -OCH3 is 1. The van der Waals surface area contributed by atoms with Gasteiger partial charge in [0.2, 0.25) is 0 Å². The molecule has 1 aromatic carbocycles. The Labute approximate surface area is 179 Å². The highest BCUT2D eigenvalue weighted by Crippen LogP contribution is 2.51. The van der Waals surface area contributed by atoms with Gasteiger partial charge in [-0.15, -0.1) is 35.7 Å². The average Bonchev–Trinajstić information content (AvgIpc) is 3.39. The molecular formula is C19H32IN3O2S. The standard InChI is InChI=1S/C19H31N3O2S.HI/c1-3-20-18(21-12-7-13-24-15-14-23-2)22-16-19(10-11-19)25-17-8-5-4-6-9-17;/h4-6,8-9H,3,7,10-16H2,1-2H3,(H2,20,21,22);1H. The molecule has 148 valence electrons. The van der Waals surface area contributed by atoms with Gasteiger partial charge in [-0.25, -0.2) is 0 Å². The second-order valence-electron chi connectivity index (χ2n) is 6.18. The van der Waals surface area contributed by atoms with Crippen molar-refractivity contribution in [2.75, 3.05) is 46.6 Å². The Hall–Kier alpha value is -0.510. The molecular weight excluding hydrogens is 461 g/mol.